The van der Waals surface area contributed by atoms with Crippen LogP contribution in [0.1, 0.15) is 57.6 Å². The Hall–Kier alpha value is -0.820. The van der Waals surface area contributed by atoms with Gasteiger partial charge >= 0.3 is 0 Å². The number of fused-ring (bicyclic) bond motifs is 1. The van der Waals surface area contributed by atoms with Gasteiger partial charge in [0.1, 0.15) is 0 Å². The summed E-state index contributed by atoms with van der Waals surface area (Å²) in [7, 11) is 0. The fourth-order valence-corrected chi connectivity index (χ4v) is 2.92. The Morgan fingerprint density at radius 1 is 1.28 bits per heavy atom. The van der Waals surface area contributed by atoms with E-state index in [9.17, 15) is 0 Å². The van der Waals surface area contributed by atoms with Crippen molar-refractivity contribution in [2.45, 2.75) is 58.9 Å². The van der Waals surface area contributed by atoms with Crippen LogP contribution in [0, 0.1) is 5.41 Å². The van der Waals surface area contributed by atoms with Crippen molar-refractivity contribution >= 4 is 0 Å². The van der Waals surface area contributed by atoms with E-state index < -0.39 is 0 Å². The zero-order valence-electron chi connectivity index (χ0n) is 12.3. The zero-order valence-corrected chi connectivity index (χ0v) is 12.3. The summed E-state index contributed by atoms with van der Waals surface area (Å²) in [4.78, 5) is 0. The van der Waals surface area contributed by atoms with Crippen molar-refractivity contribution < 1.29 is 0 Å². The number of benzene rings is 1. The molecule has 0 saturated carbocycles. The van der Waals surface area contributed by atoms with Gasteiger partial charge in [-0.2, -0.15) is 0 Å². The third-order valence-electron chi connectivity index (χ3n) is 4.17. The molecule has 1 aliphatic rings. The largest absolute Gasteiger partial charge is 0.313 e. The second kappa shape index (κ2) is 5.44. The van der Waals surface area contributed by atoms with Gasteiger partial charge in [0.05, 0.1) is 0 Å². The van der Waals surface area contributed by atoms with E-state index in [1.54, 1.807) is 11.1 Å². The van der Waals surface area contributed by atoms with Crippen LogP contribution in [-0.4, -0.2) is 12.6 Å². The monoisotopic (exact) mass is 245 g/mol. The Morgan fingerprint density at radius 3 is 2.61 bits per heavy atom. The molecule has 1 N–H and O–H groups in total. The van der Waals surface area contributed by atoms with E-state index in [0.717, 1.165) is 12.5 Å². The number of nitrogens with one attached hydrogen (secondary N) is 1. The van der Waals surface area contributed by atoms with Gasteiger partial charge in [0.2, 0.25) is 0 Å². The Morgan fingerprint density at radius 2 is 2.00 bits per heavy atom. The smallest absolute Gasteiger partial charge is 0.0121 e. The molecule has 0 aliphatic heterocycles. The van der Waals surface area contributed by atoms with Crippen LogP contribution >= 0.6 is 0 Å². The van der Waals surface area contributed by atoms with Crippen LogP contribution in [0.2, 0.25) is 0 Å². The fraction of sp³-hybridized carbons (Fsp3) is 0.647. The summed E-state index contributed by atoms with van der Waals surface area (Å²) in [6.07, 6.45) is 3.77. The third-order valence-corrected chi connectivity index (χ3v) is 4.17. The van der Waals surface area contributed by atoms with Crippen molar-refractivity contribution in [3.8, 4) is 0 Å². The van der Waals surface area contributed by atoms with Crippen LogP contribution in [0.25, 0.3) is 0 Å². The predicted molar refractivity (Wildman–Crippen MR) is 79.0 cm³/mol. The minimum Gasteiger partial charge on any atom is -0.313 e. The molecule has 1 aromatic rings. The van der Waals surface area contributed by atoms with Gasteiger partial charge in [0.25, 0.3) is 0 Å². The Labute approximate surface area is 112 Å². The van der Waals surface area contributed by atoms with Crippen LogP contribution in [0.4, 0.5) is 0 Å². The average molecular weight is 245 g/mol. The average Bonchev–Trinajstić information content (AvgIpc) is 2.28. The maximum atomic E-state index is 3.74. The molecule has 0 saturated heterocycles. The van der Waals surface area contributed by atoms with Gasteiger partial charge in [0, 0.05) is 6.04 Å². The molecular formula is C17H27N. The molecule has 100 valence electrons. The summed E-state index contributed by atoms with van der Waals surface area (Å²) < 4.78 is 0. The Bertz CT molecular complexity index is 389. The summed E-state index contributed by atoms with van der Waals surface area (Å²) in [6, 6.07) is 9.54. The Balaban J connectivity index is 1.99. The van der Waals surface area contributed by atoms with E-state index in [0.29, 0.717) is 11.5 Å². The maximum Gasteiger partial charge on any atom is 0.0121 e. The third kappa shape index (κ3) is 2.95. The zero-order chi connectivity index (χ0) is 13.2. The molecule has 1 aromatic carbocycles. The highest BCUT2D eigenvalue weighted by molar-refractivity contribution is 5.40. The van der Waals surface area contributed by atoms with E-state index in [1.807, 2.05) is 0 Å². The lowest BCUT2D eigenvalue weighted by atomic mass is 9.71. The first-order valence-corrected chi connectivity index (χ1v) is 7.33. The second-order valence-corrected chi connectivity index (χ2v) is 6.71. The van der Waals surface area contributed by atoms with Gasteiger partial charge in [-0.3, -0.25) is 0 Å². The molecule has 2 unspecified atom stereocenters. The minimum absolute atomic E-state index is 0.347. The van der Waals surface area contributed by atoms with E-state index in [2.05, 4.69) is 57.3 Å². The first-order valence-electron chi connectivity index (χ1n) is 7.33. The highest BCUT2D eigenvalue weighted by atomic mass is 14.9. The normalized spacial score (nSPS) is 20.1. The van der Waals surface area contributed by atoms with E-state index in [4.69, 9.17) is 0 Å². The summed E-state index contributed by atoms with van der Waals surface area (Å²) >= 11 is 0. The SMILES string of the molecule is CCCNC(CC1Cc2ccccc21)C(C)(C)C. The van der Waals surface area contributed by atoms with Crippen molar-refractivity contribution in [1.82, 2.24) is 5.32 Å². The van der Waals surface area contributed by atoms with E-state index >= 15 is 0 Å². The number of hydrogen-bond donors (Lipinski definition) is 1. The van der Waals surface area contributed by atoms with Crippen molar-refractivity contribution in [3.05, 3.63) is 35.4 Å². The lowest BCUT2D eigenvalue weighted by molar-refractivity contribution is 0.237. The van der Waals surface area contributed by atoms with Crippen LogP contribution in [0.15, 0.2) is 24.3 Å². The first kappa shape index (κ1) is 13.6. The summed E-state index contributed by atoms with van der Waals surface area (Å²) in [5.74, 6) is 0.773. The number of hydrogen-bond acceptors (Lipinski definition) is 1. The topological polar surface area (TPSA) is 12.0 Å². The molecule has 0 spiro atoms. The molecule has 18 heavy (non-hydrogen) atoms. The molecule has 2 atom stereocenters. The van der Waals surface area contributed by atoms with Crippen LogP contribution in [0.3, 0.4) is 0 Å². The Kier molecular flexibility index (Phi) is 4.11. The lowest BCUT2D eigenvalue weighted by Gasteiger charge is -2.38. The van der Waals surface area contributed by atoms with E-state index in [1.165, 1.54) is 19.3 Å². The minimum atomic E-state index is 0.347. The van der Waals surface area contributed by atoms with Gasteiger partial charge in [-0.15, -0.1) is 0 Å². The van der Waals surface area contributed by atoms with Gasteiger partial charge in [0.15, 0.2) is 0 Å². The van der Waals surface area contributed by atoms with Gasteiger partial charge < -0.3 is 5.32 Å². The molecular weight excluding hydrogens is 218 g/mol. The molecule has 1 aliphatic carbocycles. The molecule has 1 heteroatoms. The van der Waals surface area contributed by atoms with Crippen molar-refractivity contribution in [3.63, 3.8) is 0 Å². The van der Waals surface area contributed by atoms with Crippen LogP contribution in [0.5, 0.6) is 0 Å². The van der Waals surface area contributed by atoms with Crippen LogP contribution < -0.4 is 5.32 Å². The van der Waals surface area contributed by atoms with E-state index in [-0.39, 0.29) is 0 Å². The predicted octanol–water partition coefficient (Wildman–Crippen LogP) is 4.13. The van der Waals surface area contributed by atoms with Crippen molar-refractivity contribution in [1.29, 1.82) is 0 Å². The molecule has 0 radical (unpaired) electrons. The molecule has 2 rings (SSSR count). The van der Waals surface area contributed by atoms with Crippen LogP contribution in [-0.2, 0) is 6.42 Å². The first-order chi connectivity index (χ1) is 8.52. The standard InChI is InChI=1S/C17H27N/c1-5-10-18-16(17(2,3)4)12-14-11-13-8-6-7-9-15(13)14/h6-9,14,16,18H,5,10-12H2,1-4H3. The molecule has 0 heterocycles. The quantitative estimate of drug-likeness (QED) is 0.822. The molecule has 0 amide bonds. The fourth-order valence-electron chi connectivity index (χ4n) is 2.92. The molecule has 0 bridgehead atoms. The van der Waals surface area contributed by atoms with Crippen molar-refractivity contribution in [2.24, 2.45) is 5.41 Å². The number of rotatable bonds is 5. The van der Waals surface area contributed by atoms with Gasteiger partial charge in [-0.1, -0.05) is 52.0 Å². The lowest BCUT2D eigenvalue weighted by Crippen LogP contribution is -2.43. The molecule has 0 fully saturated rings. The maximum absolute atomic E-state index is 3.74. The summed E-state index contributed by atoms with van der Waals surface area (Å²) in [5.41, 5.74) is 3.50. The summed E-state index contributed by atoms with van der Waals surface area (Å²) in [6.45, 7) is 10.4. The summed E-state index contributed by atoms with van der Waals surface area (Å²) in [5, 5.41) is 3.74. The molecule has 0 aromatic heterocycles. The van der Waals surface area contributed by atoms with Gasteiger partial charge in [-0.25, -0.2) is 0 Å². The highest BCUT2D eigenvalue weighted by Gasteiger charge is 2.32. The highest BCUT2D eigenvalue weighted by Crippen LogP contribution is 2.40. The second-order valence-electron chi connectivity index (χ2n) is 6.71. The molecule has 1 nitrogen and oxygen atoms in total. The van der Waals surface area contributed by atoms with Crippen molar-refractivity contribution in [2.75, 3.05) is 6.54 Å². The van der Waals surface area contributed by atoms with Gasteiger partial charge in [-0.05, 0) is 48.3 Å².